The zero-order valence-corrected chi connectivity index (χ0v) is 18.6. The summed E-state index contributed by atoms with van der Waals surface area (Å²) >= 11 is 0. The fraction of sp³-hybridized carbons (Fsp3) is 0.435. The Kier molecular flexibility index (Phi) is 7.15. The van der Waals surface area contributed by atoms with Crippen LogP contribution in [0.4, 0.5) is 4.79 Å². The second kappa shape index (κ2) is 9.62. The van der Waals surface area contributed by atoms with Crippen molar-refractivity contribution in [1.29, 1.82) is 0 Å². The molecule has 1 heterocycles. The smallest absolute Gasteiger partial charge is 0.410 e. The van der Waals surface area contributed by atoms with Crippen molar-refractivity contribution >= 4 is 16.1 Å². The molecule has 2 aromatic rings. The van der Waals surface area contributed by atoms with E-state index < -0.39 is 10.0 Å². The van der Waals surface area contributed by atoms with Gasteiger partial charge in [0.25, 0.3) is 0 Å². The van der Waals surface area contributed by atoms with Crippen molar-refractivity contribution in [3.8, 4) is 11.1 Å². The maximum absolute atomic E-state index is 12.7. The van der Waals surface area contributed by atoms with E-state index in [0.717, 1.165) is 29.4 Å². The van der Waals surface area contributed by atoms with Gasteiger partial charge in [0.05, 0.1) is 12.3 Å². The van der Waals surface area contributed by atoms with Gasteiger partial charge in [-0.15, -0.1) is 0 Å². The molecule has 162 valence electrons. The molecular weight excluding hydrogens is 400 g/mol. The molecule has 1 aliphatic heterocycles. The van der Waals surface area contributed by atoms with E-state index in [1.807, 2.05) is 44.2 Å². The van der Waals surface area contributed by atoms with Gasteiger partial charge in [0, 0.05) is 12.6 Å². The van der Waals surface area contributed by atoms with E-state index in [-0.39, 0.29) is 24.3 Å². The summed E-state index contributed by atoms with van der Waals surface area (Å²) in [6, 6.07) is 17.6. The third-order valence-corrected chi connectivity index (χ3v) is 6.23. The molecule has 1 saturated heterocycles. The molecule has 1 N–H and O–H groups in total. The van der Waals surface area contributed by atoms with Gasteiger partial charge >= 0.3 is 6.09 Å². The standard InChI is InChI=1S/C23H30N2O4S/c1-4-17(2)29-23(26)25-14-13-21(24-30(3,27)28)22(25)16-18-9-8-12-20(15-18)19-10-6-5-7-11-19/h5-12,15,17,21-22,24H,4,13-14,16H2,1-3H3/t17?,21-,22-/m1/s1. The van der Waals surface area contributed by atoms with Crippen molar-refractivity contribution < 1.29 is 17.9 Å². The molecule has 0 aliphatic carbocycles. The number of nitrogens with zero attached hydrogens (tertiary/aromatic N) is 1. The lowest BCUT2D eigenvalue weighted by molar-refractivity contribution is 0.0638. The largest absolute Gasteiger partial charge is 0.446 e. The van der Waals surface area contributed by atoms with E-state index in [0.29, 0.717) is 19.4 Å². The minimum absolute atomic E-state index is 0.179. The van der Waals surface area contributed by atoms with Crippen molar-refractivity contribution in [2.75, 3.05) is 12.8 Å². The summed E-state index contributed by atoms with van der Waals surface area (Å²) in [5.74, 6) is 0. The predicted octanol–water partition coefficient (Wildman–Crippen LogP) is 3.82. The molecule has 30 heavy (non-hydrogen) atoms. The maximum Gasteiger partial charge on any atom is 0.410 e. The van der Waals surface area contributed by atoms with Crippen LogP contribution in [0.2, 0.25) is 0 Å². The molecule has 0 radical (unpaired) electrons. The zero-order chi connectivity index (χ0) is 21.7. The maximum atomic E-state index is 12.7. The highest BCUT2D eigenvalue weighted by Gasteiger charge is 2.39. The van der Waals surface area contributed by atoms with Crippen molar-refractivity contribution in [2.24, 2.45) is 0 Å². The van der Waals surface area contributed by atoms with E-state index in [2.05, 4.69) is 29.0 Å². The van der Waals surface area contributed by atoms with Gasteiger partial charge in [-0.2, -0.15) is 0 Å². The highest BCUT2D eigenvalue weighted by molar-refractivity contribution is 7.88. The molecule has 0 spiro atoms. The normalized spacial score (nSPS) is 20.2. The predicted molar refractivity (Wildman–Crippen MR) is 119 cm³/mol. The van der Waals surface area contributed by atoms with Crippen LogP contribution in [0, 0.1) is 0 Å². The highest BCUT2D eigenvalue weighted by Crippen LogP contribution is 2.26. The summed E-state index contributed by atoms with van der Waals surface area (Å²) in [5, 5.41) is 0. The van der Waals surface area contributed by atoms with Gasteiger partial charge in [0.1, 0.15) is 6.10 Å². The molecule has 0 saturated carbocycles. The Hall–Kier alpha value is -2.38. The number of nitrogens with one attached hydrogen (secondary N) is 1. The second-order valence-corrected chi connectivity index (χ2v) is 9.70. The summed E-state index contributed by atoms with van der Waals surface area (Å²) in [5.41, 5.74) is 3.25. The van der Waals surface area contributed by atoms with E-state index in [9.17, 15) is 13.2 Å². The Morgan fingerprint density at radius 1 is 1.17 bits per heavy atom. The van der Waals surface area contributed by atoms with Crippen molar-refractivity contribution in [3.05, 3.63) is 60.2 Å². The molecular formula is C23H30N2O4S. The summed E-state index contributed by atoms with van der Waals surface area (Å²) in [4.78, 5) is 14.4. The van der Waals surface area contributed by atoms with E-state index in [4.69, 9.17) is 4.74 Å². The first-order chi connectivity index (χ1) is 14.3. The third kappa shape index (κ3) is 5.83. The molecule has 1 amide bonds. The Bertz CT molecular complexity index is 962. The van der Waals surface area contributed by atoms with Crippen LogP contribution in [-0.4, -0.2) is 50.4 Å². The van der Waals surface area contributed by atoms with Gasteiger partial charge in [-0.25, -0.2) is 17.9 Å². The summed E-state index contributed by atoms with van der Waals surface area (Å²) in [7, 11) is -3.39. The first kappa shape index (κ1) is 22.3. The second-order valence-electron chi connectivity index (χ2n) is 7.92. The van der Waals surface area contributed by atoms with Gasteiger partial charge in [0.2, 0.25) is 10.0 Å². The van der Waals surface area contributed by atoms with Gasteiger partial charge in [-0.3, -0.25) is 0 Å². The summed E-state index contributed by atoms with van der Waals surface area (Å²) in [6.07, 6.45) is 2.43. The van der Waals surface area contributed by atoms with Crippen LogP contribution in [-0.2, 0) is 21.2 Å². The molecule has 1 fully saturated rings. The number of hydrogen-bond donors (Lipinski definition) is 1. The Morgan fingerprint density at radius 3 is 2.53 bits per heavy atom. The molecule has 3 rings (SSSR count). The van der Waals surface area contributed by atoms with Crippen LogP contribution in [0.1, 0.15) is 32.3 Å². The van der Waals surface area contributed by atoms with E-state index in [1.165, 1.54) is 0 Å². The monoisotopic (exact) mass is 430 g/mol. The summed E-state index contributed by atoms with van der Waals surface area (Å²) in [6.45, 7) is 4.28. The first-order valence-corrected chi connectivity index (χ1v) is 12.2. The molecule has 0 aromatic heterocycles. The molecule has 0 bridgehead atoms. The fourth-order valence-corrected chi connectivity index (χ4v) is 4.64. The number of benzene rings is 2. The molecule has 2 aromatic carbocycles. The van der Waals surface area contributed by atoms with Crippen LogP contribution in [0.3, 0.4) is 0 Å². The van der Waals surface area contributed by atoms with Crippen molar-refractivity contribution in [1.82, 2.24) is 9.62 Å². The Labute approximate surface area is 179 Å². The molecule has 7 heteroatoms. The van der Waals surface area contributed by atoms with Gasteiger partial charge in [-0.1, -0.05) is 61.5 Å². The van der Waals surface area contributed by atoms with Crippen molar-refractivity contribution in [2.45, 2.75) is 51.3 Å². The molecule has 6 nitrogen and oxygen atoms in total. The van der Waals surface area contributed by atoms with Crippen LogP contribution >= 0.6 is 0 Å². The number of carbonyl (C=O) groups excluding carboxylic acids is 1. The number of ether oxygens (including phenoxy) is 1. The lowest BCUT2D eigenvalue weighted by atomic mass is 9.97. The van der Waals surface area contributed by atoms with E-state index in [1.54, 1.807) is 4.90 Å². The highest BCUT2D eigenvalue weighted by atomic mass is 32.2. The number of rotatable bonds is 7. The lowest BCUT2D eigenvalue weighted by Gasteiger charge is -2.29. The van der Waals surface area contributed by atoms with E-state index >= 15 is 0 Å². The third-order valence-electron chi connectivity index (χ3n) is 5.50. The van der Waals surface area contributed by atoms with Crippen LogP contribution in [0.25, 0.3) is 11.1 Å². The van der Waals surface area contributed by atoms with Crippen LogP contribution < -0.4 is 4.72 Å². The average molecular weight is 431 g/mol. The first-order valence-electron chi connectivity index (χ1n) is 10.4. The average Bonchev–Trinajstić information content (AvgIpc) is 3.09. The van der Waals surface area contributed by atoms with Crippen LogP contribution in [0.15, 0.2) is 54.6 Å². The SMILES string of the molecule is CCC(C)OC(=O)N1CC[C@@H](NS(C)(=O)=O)[C@H]1Cc1cccc(-c2ccccc2)c1. The van der Waals surface area contributed by atoms with Crippen molar-refractivity contribution in [3.63, 3.8) is 0 Å². The molecule has 1 unspecified atom stereocenters. The van der Waals surface area contributed by atoms with Gasteiger partial charge in [-0.05, 0) is 42.9 Å². The zero-order valence-electron chi connectivity index (χ0n) is 17.7. The number of carbonyl (C=O) groups is 1. The number of likely N-dealkylation sites (tertiary alicyclic amines) is 1. The lowest BCUT2D eigenvalue weighted by Crippen LogP contribution is -2.48. The van der Waals surface area contributed by atoms with Gasteiger partial charge < -0.3 is 9.64 Å². The number of amides is 1. The molecule has 1 aliphatic rings. The molecule has 3 atom stereocenters. The Balaban J connectivity index is 1.85. The summed E-state index contributed by atoms with van der Waals surface area (Å²) < 4.78 is 32.0. The minimum Gasteiger partial charge on any atom is -0.446 e. The number of hydrogen-bond acceptors (Lipinski definition) is 4. The van der Waals surface area contributed by atoms with Gasteiger partial charge in [0.15, 0.2) is 0 Å². The Morgan fingerprint density at radius 2 is 1.87 bits per heavy atom. The quantitative estimate of drug-likeness (QED) is 0.724. The van der Waals surface area contributed by atoms with Crippen LogP contribution in [0.5, 0.6) is 0 Å². The topological polar surface area (TPSA) is 75.7 Å². The fourth-order valence-electron chi connectivity index (χ4n) is 3.82. The number of sulfonamides is 1. The minimum atomic E-state index is -3.39.